The van der Waals surface area contributed by atoms with E-state index in [9.17, 15) is 0 Å². The molecule has 6 heterocycles. The van der Waals surface area contributed by atoms with E-state index in [2.05, 4.69) is 0 Å². The summed E-state index contributed by atoms with van der Waals surface area (Å²) in [6.07, 6.45) is 0. The summed E-state index contributed by atoms with van der Waals surface area (Å²) in [6.45, 7) is 0. The van der Waals surface area contributed by atoms with E-state index in [1.165, 1.54) is 0 Å². The smallest absolute Gasteiger partial charge is 0.390 e. The first kappa shape index (κ1) is 51.7. The molecule has 0 amide bonds. The Hall–Kier alpha value is -12.2. The molecule has 0 saturated carbocycles. The maximum Gasteiger partial charge on any atom is 0.394 e. The highest BCUT2D eigenvalue weighted by Crippen LogP contribution is 2.48. The van der Waals surface area contributed by atoms with Gasteiger partial charge in [0.05, 0.1) is 90.6 Å². The van der Waals surface area contributed by atoms with E-state index < -0.39 is 33.6 Å². The normalized spacial score (nSPS) is 11.5. The minimum atomic E-state index is -0.800. The zero-order valence-electron chi connectivity index (χ0n) is 45.8. The zero-order valence-corrected chi connectivity index (χ0v) is 45.8. The molecule has 3 aromatic carbocycles. The monoisotopic (exact) mass is 1130 g/mol. The predicted molar refractivity (Wildman–Crippen MR) is 332 cm³/mol. The van der Waals surface area contributed by atoms with E-state index in [0.29, 0.717) is 56.1 Å². The van der Waals surface area contributed by atoms with Crippen LogP contribution < -0.4 is 33.6 Å². The molecular weight excluding hydrogens is 1090 g/mol. The molecule has 15 rings (SSSR count). The van der Waals surface area contributed by atoms with E-state index in [4.69, 9.17) is 17.7 Å². The highest BCUT2D eigenvalue weighted by molar-refractivity contribution is 5.86. The Morgan fingerprint density at radius 3 is 0.759 bits per heavy atom. The Morgan fingerprint density at radius 1 is 0.241 bits per heavy atom. The first-order valence-electron chi connectivity index (χ1n) is 28.0. The van der Waals surface area contributed by atoms with Gasteiger partial charge in [-0.25, -0.2) is 37.9 Å². The molecule has 87 heavy (non-hydrogen) atoms. The number of para-hydroxylation sites is 2. The van der Waals surface area contributed by atoms with E-state index in [-0.39, 0.29) is 90.9 Å². The van der Waals surface area contributed by atoms with Crippen molar-refractivity contribution >= 4 is 0 Å². The van der Waals surface area contributed by atoms with Gasteiger partial charge >= 0.3 is 33.6 Å². The predicted octanol–water partition coefficient (Wildman–Crippen LogP) is 13.5. The van der Waals surface area contributed by atoms with Crippen molar-refractivity contribution in [2.45, 2.75) is 0 Å². The number of nitrogens with zero attached hydrogens (tertiary/aromatic N) is 2. The van der Waals surface area contributed by atoms with Crippen LogP contribution >= 0.6 is 0 Å². The van der Waals surface area contributed by atoms with Gasteiger partial charge in [0.15, 0.2) is 45.3 Å². The molecule has 410 valence electrons. The van der Waals surface area contributed by atoms with Crippen molar-refractivity contribution in [1.29, 1.82) is 0 Å². The molecule has 12 heteroatoms. The number of hydrogen-bond donors (Lipinski definition) is 0. The average Bonchev–Trinajstić information content (AvgIpc) is 2.06. The average molecular weight is 1130 g/mol. The molecule has 3 aromatic rings. The van der Waals surface area contributed by atoms with Crippen molar-refractivity contribution in [3.63, 3.8) is 0 Å². The highest BCUT2D eigenvalue weighted by atomic mass is 16.4. The first-order valence-corrected chi connectivity index (χ1v) is 28.0. The Kier molecular flexibility index (Phi) is 12.4. The summed E-state index contributed by atoms with van der Waals surface area (Å²) < 4.78 is 27.6. The Labute approximate surface area is 494 Å². The van der Waals surface area contributed by atoms with Crippen molar-refractivity contribution < 1.29 is 17.7 Å². The molecule has 0 spiro atoms. The van der Waals surface area contributed by atoms with Gasteiger partial charge in [-0.3, -0.25) is 0 Å². The minimum Gasteiger partial charge on any atom is -0.390 e. The Balaban J connectivity index is 1.16. The summed E-state index contributed by atoms with van der Waals surface area (Å²) in [7, 11) is 0. The van der Waals surface area contributed by atoms with Gasteiger partial charge in [-0.05, 0) is 97.1 Å². The summed E-state index contributed by atoms with van der Waals surface area (Å²) in [6, 6.07) is 76.4. The van der Waals surface area contributed by atoms with Crippen molar-refractivity contribution in [2.75, 3.05) is 0 Å². The van der Waals surface area contributed by atoms with Crippen molar-refractivity contribution in [3.05, 3.63) is 391 Å². The van der Waals surface area contributed by atoms with Crippen LogP contribution in [0.2, 0.25) is 0 Å². The van der Waals surface area contributed by atoms with E-state index in [1.54, 1.807) is 149 Å². The molecule has 0 unspecified atom stereocenters. The van der Waals surface area contributed by atoms with Crippen LogP contribution in [0.5, 0.6) is 0 Å². The molecule has 0 radical (unpaired) electrons. The summed E-state index contributed by atoms with van der Waals surface area (Å²) in [5.41, 5.74) is 0.796. The third-order valence-electron chi connectivity index (χ3n) is 15.9. The fourth-order valence-corrected chi connectivity index (χ4v) is 12.3. The minimum absolute atomic E-state index is 0.0243. The number of aromatic nitrogens is 2. The number of fused-ring (bicyclic) bond motifs is 6. The van der Waals surface area contributed by atoms with Gasteiger partial charge in [0.1, 0.15) is 11.1 Å². The molecule has 0 bridgehead atoms. The summed E-state index contributed by atoms with van der Waals surface area (Å²) in [5, 5.41) is 0. The molecule has 0 aromatic heterocycles. The molecule has 12 aliphatic rings. The van der Waals surface area contributed by atoms with Gasteiger partial charge < -0.3 is 17.7 Å². The molecule has 6 aliphatic heterocycles. The van der Waals surface area contributed by atoms with Crippen LogP contribution in [0.15, 0.2) is 307 Å². The third kappa shape index (κ3) is 8.49. The molecule has 6 aliphatic carbocycles. The van der Waals surface area contributed by atoms with E-state index >= 15 is 28.8 Å². The van der Waals surface area contributed by atoms with Crippen LogP contribution in [0, 0.1) is 17.8 Å². The van der Waals surface area contributed by atoms with Gasteiger partial charge in [0, 0.05) is 18.2 Å². The van der Waals surface area contributed by atoms with Gasteiger partial charge in [-0.15, -0.1) is 0 Å². The second-order valence-corrected chi connectivity index (χ2v) is 20.9. The lowest BCUT2D eigenvalue weighted by Gasteiger charge is -2.18. The number of furan rings is 4. The van der Waals surface area contributed by atoms with Crippen molar-refractivity contribution in [2.24, 2.45) is 0 Å². The third-order valence-corrected chi connectivity index (χ3v) is 15.9. The SMILES string of the molecule is O=c1oc2cccccc-2c1[C+](c1cc([C+](c2c3cccccc-3oc2=O)c2c3cccccc-3oc2=O)cc([C+](c2c3cccccc-3n(-c3ccccc3)c2=O)c2c3cccccc-3n(-c3ccccc3)c2=O)c1)c1c2cccccc-2oc1=O. The lowest BCUT2D eigenvalue weighted by Crippen LogP contribution is -2.26. The maximum atomic E-state index is 16.4. The molecule has 0 N–H and O–H groups in total. The second-order valence-electron chi connectivity index (χ2n) is 20.9. The fourth-order valence-electron chi connectivity index (χ4n) is 12.3. The first-order chi connectivity index (χ1) is 42.7. The summed E-state index contributed by atoms with van der Waals surface area (Å²) in [4.78, 5) is 93.5. The number of rotatable bonds is 11. The number of hydrogen-bond acceptors (Lipinski definition) is 10. The maximum absolute atomic E-state index is 16.4. The van der Waals surface area contributed by atoms with E-state index in [0.717, 1.165) is 0 Å². The van der Waals surface area contributed by atoms with Crippen molar-refractivity contribution in [1.82, 2.24) is 9.13 Å². The molecule has 0 fully saturated rings. The van der Waals surface area contributed by atoms with E-state index in [1.807, 2.05) is 121 Å². The summed E-state index contributed by atoms with van der Waals surface area (Å²) >= 11 is 0. The van der Waals surface area contributed by atoms with Crippen LogP contribution in [0.25, 0.3) is 79.2 Å². The quantitative estimate of drug-likeness (QED) is 0.114. The van der Waals surface area contributed by atoms with Gasteiger partial charge in [0.25, 0.3) is 0 Å². The van der Waals surface area contributed by atoms with Crippen LogP contribution in [-0.4, -0.2) is 9.13 Å². The largest absolute Gasteiger partial charge is 0.394 e. The lowest BCUT2D eigenvalue weighted by atomic mass is 9.75. The van der Waals surface area contributed by atoms with Crippen molar-refractivity contribution in [3.8, 4) is 79.2 Å². The Morgan fingerprint density at radius 2 is 0.471 bits per heavy atom. The zero-order chi connectivity index (χ0) is 58.9. The molecule has 0 saturated heterocycles. The standard InChI is InChI=1S/C75H43N2O10/c78-70-64(49-29-13-3-19-35-55(49)76(70)47-25-9-1-10-26-47)61(65-50-30-14-4-20-36-56(50)77(71(65)79)48-27-11-2-12-28-48)44-41-45(62(66-51-31-15-5-21-37-57(51)84-72(66)80)67-52-32-16-6-22-38-58(52)85-73(67)81)43-46(42-44)63(68-53-33-17-7-23-39-59(53)86-74(68)82)69-54-34-18-8-24-40-60(54)87-75(69)83/h1-43H/q+3. The molecular formula is C75H43N2O10+3. The van der Waals surface area contributed by atoms with Crippen LogP contribution in [0.3, 0.4) is 0 Å². The molecule has 12 nitrogen and oxygen atoms in total. The number of benzene rings is 3. The Bertz CT molecular complexity index is 4800. The topological polar surface area (TPSA) is 165 Å². The van der Waals surface area contributed by atoms with Gasteiger partial charge in [0.2, 0.25) is 0 Å². The summed E-state index contributed by atoms with van der Waals surface area (Å²) in [5.74, 6) is 1.04. The highest BCUT2D eigenvalue weighted by Gasteiger charge is 2.47. The van der Waals surface area contributed by atoms with Gasteiger partial charge in [-0.2, -0.15) is 0 Å². The van der Waals surface area contributed by atoms with Crippen LogP contribution in [-0.2, 0) is 0 Å². The lowest BCUT2D eigenvalue weighted by molar-refractivity contribution is 0.538. The molecule has 0 atom stereocenters. The van der Waals surface area contributed by atoms with Gasteiger partial charge in [-0.1, -0.05) is 146 Å². The fraction of sp³-hybridized carbons (Fsp3) is 0. The second kappa shape index (κ2) is 20.9. The van der Waals surface area contributed by atoms with Crippen LogP contribution in [0.4, 0.5) is 0 Å². The van der Waals surface area contributed by atoms with Crippen LogP contribution in [0.1, 0.15) is 50.1 Å².